The first-order valence-electron chi connectivity index (χ1n) is 4.40. The Morgan fingerprint density at radius 3 is 2.69 bits per heavy atom. The number of nitrogens with zero attached hydrogens (tertiary/aromatic N) is 3. The minimum absolute atomic E-state index is 0.172. The molecule has 0 aliphatic heterocycles. The van der Waals surface area contributed by atoms with Crippen molar-refractivity contribution in [1.82, 2.24) is 20.4 Å². The van der Waals surface area contributed by atoms with Crippen LogP contribution in [0.2, 0.25) is 0 Å². The van der Waals surface area contributed by atoms with E-state index in [9.17, 15) is 4.79 Å². The first-order valence-corrected chi connectivity index (χ1v) is 5.19. The fourth-order valence-corrected chi connectivity index (χ4v) is 1.43. The third kappa shape index (κ3) is 2.10. The van der Waals surface area contributed by atoms with Crippen molar-refractivity contribution in [2.45, 2.75) is 0 Å². The smallest absolute Gasteiger partial charge is 0.287 e. The van der Waals surface area contributed by atoms with Crippen LogP contribution in [0, 0.1) is 0 Å². The van der Waals surface area contributed by atoms with Crippen LogP contribution < -0.4 is 11.3 Å². The number of nitrogens with two attached hydrogens (primary N) is 1. The zero-order valence-corrected chi connectivity index (χ0v) is 9.68. The average molecular weight is 282 g/mol. The molecule has 2 rings (SSSR count). The summed E-state index contributed by atoms with van der Waals surface area (Å²) in [6.07, 6.45) is 1.51. The number of benzene rings is 1. The van der Waals surface area contributed by atoms with Gasteiger partial charge in [-0.3, -0.25) is 10.2 Å². The number of hydrogen-bond donors (Lipinski definition) is 2. The molecule has 0 atom stereocenters. The summed E-state index contributed by atoms with van der Waals surface area (Å²) in [4.78, 5) is 11.2. The zero-order chi connectivity index (χ0) is 11.5. The van der Waals surface area contributed by atoms with Gasteiger partial charge in [-0.1, -0.05) is 21.1 Å². The molecule has 1 heterocycles. The highest BCUT2D eigenvalue weighted by molar-refractivity contribution is 9.10. The Kier molecular flexibility index (Phi) is 2.97. The second-order valence-electron chi connectivity index (χ2n) is 3.00. The summed E-state index contributed by atoms with van der Waals surface area (Å²) in [6, 6.07) is 7.45. The van der Waals surface area contributed by atoms with Gasteiger partial charge in [0.05, 0.1) is 11.9 Å². The molecule has 1 aromatic carbocycles. The van der Waals surface area contributed by atoms with Gasteiger partial charge in [-0.25, -0.2) is 10.5 Å². The molecule has 1 aromatic heterocycles. The second-order valence-corrected chi connectivity index (χ2v) is 3.91. The van der Waals surface area contributed by atoms with Crippen LogP contribution in [0.3, 0.4) is 0 Å². The largest absolute Gasteiger partial charge is 0.289 e. The molecule has 6 nitrogen and oxygen atoms in total. The molecular weight excluding hydrogens is 274 g/mol. The molecule has 0 unspecified atom stereocenters. The van der Waals surface area contributed by atoms with Gasteiger partial charge >= 0.3 is 0 Å². The summed E-state index contributed by atoms with van der Waals surface area (Å²) in [6.45, 7) is 0. The van der Waals surface area contributed by atoms with E-state index < -0.39 is 5.91 Å². The van der Waals surface area contributed by atoms with Crippen molar-refractivity contribution in [3.05, 3.63) is 40.6 Å². The van der Waals surface area contributed by atoms with Crippen molar-refractivity contribution in [3.8, 4) is 5.69 Å². The van der Waals surface area contributed by atoms with E-state index >= 15 is 0 Å². The number of nitrogen functional groups attached to an aromatic ring is 1. The highest BCUT2D eigenvalue weighted by atomic mass is 79.9. The van der Waals surface area contributed by atoms with E-state index in [4.69, 9.17) is 5.84 Å². The lowest BCUT2D eigenvalue weighted by atomic mass is 10.3. The predicted octanol–water partition coefficient (Wildman–Crippen LogP) is 0.633. The molecule has 16 heavy (non-hydrogen) atoms. The summed E-state index contributed by atoms with van der Waals surface area (Å²) in [7, 11) is 0. The molecule has 0 saturated carbocycles. The van der Waals surface area contributed by atoms with Gasteiger partial charge in [0.15, 0.2) is 5.69 Å². The SMILES string of the molecule is NNC(=O)c1cn(-c2ccc(Br)cc2)nn1. The number of hydrogen-bond acceptors (Lipinski definition) is 4. The van der Waals surface area contributed by atoms with Crippen LogP contribution in [-0.4, -0.2) is 20.9 Å². The highest BCUT2D eigenvalue weighted by Crippen LogP contribution is 2.13. The van der Waals surface area contributed by atoms with Crippen LogP contribution in [0.1, 0.15) is 10.5 Å². The topological polar surface area (TPSA) is 85.8 Å². The van der Waals surface area contributed by atoms with Gasteiger partial charge in [-0.05, 0) is 24.3 Å². The molecule has 0 aliphatic carbocycles. The Morgan fingerprint density at radius 2 is 2.06 bits per heavy atom. The fraction of sp³-hybridized carbons (Fsp3) is 0. The normalized spacial score (nSPS) is 10.1. The van der Waals surface area contributed by atoms with Crippen molar-refractivity contribution < 1.29 is 4.79 Å². The standard InChI is InChI=1S/C9H8BrN5O/c10-6-1-3-7(4-2-6)15-5-8(13-14-15)9(16)12-11/h1-5H,11H2,(H,12,16). The van der Waals surface area contributed by atoms with E-state index in [1.165, 1.54) is 10.9 Å². The number of amides is 1. The molecular formula is C9H8BrN5O. The number of rotatable bonds is 2. The lowest BCUT2D eigenvalue weighted by Crippen LogP contribution is -2.30. The number of nitrogens with one attached hydrogen (secondary N) is 1. The van der Waals surface area contributed by atoms with E-state index in [-0.39, 0.29) is 5.69 Å². The first-order chi connectivity index (χ1) is 7.70. The lowest BCUT2D eigenvalue weighted by Gasteiger charge is -1.98. The van der Waals surface area contributed by atoms with Crippen molar-refractivity contribution in [3.63, 3.8) is 0 Å². The second kappa shape index (κ2) is 4.42. The third-order valence-corrected chi connectivity index (χ3v) is 2.48. The summed E-state index contributed by atoms with van der Waals surface area (Å²) in [5, 5.41) is 7.52. The molecule has 0 saturated heterocycles. The Bertz CT molecular complexity index is 507. The van der Waals surface area contributed by atoms with Crippen LogP contribution in [0.4, 0.5) is 0 Å². The number of carbonyl (C=O) groups is 1. The van der Waals surface area contributed by atoms with Gasteiger partial charge in [-0.15, -0.1) is 5.10 Å². The molecule has 0 fully saturated rings. The fourth-order valence-electron chi connectivity index (χ4n) is 1.16. The maximum Gasteiger partial charge on any atom is 0.287 e. The number of aromatic nitrogens is 3. The van der Waals surface area contributed by atoms with Gasteiger partial charge in [-0.2, -0.15) is 0 Å². The van der Waals surface area contributed by atoms with Gasteiger partial charge in [0.2, 0.25) is 0 Å². The Hall–Kier alpha value is -1.73. The number of carbonyl (C=O) groups excluding carboxylic acids is 1. The van der Waals surface area contributed by atoms with E-state index in [0.29, 0.717) is 0 Å². The minimum Gasteiger partial charge on any atom is -0.289 e. The lowest BCUT2D eigenvalue weighted by molar-refractivity contribution is 0.0948. The average Bonchev–Trinajstić information content (AvgIpc) is 2.78. The Morgan fingerprint density at radius 1 is 1.38 bits per heavy atom. The molecule has 0 spiro atoms. The molecule has 3 N–H and O–H groups in total. The molecule has 82 valence electrons. The maximum absolute atomic E-state index is 11.2. The van der Waals surface area contributed by atoms with Crippen LogP contribution in [0.15, 0.2) is 34.9 Å². The molecule has 0 bridgehead atoms. The molecule has 0 aliphatic rings. The summed E-state index contributed by atoms with van der Waals surface area (Å²) in [5.74, 6) is 4.52. The summed E-state index contributed by atoms with van der Waals surface area (Å²) in [5.41, 5.74) is 2.98. The molecule has 2 aromatic rings. The summed E-state index contributed by atoms with van der Waals surface area (Å²) < 4.78 is 2.47. The van der Waals surface area contributed by atoms with E-state index in [1.807, 2.05) is 29.7 Å². The quantitative estimate of drug-likeness (QED) is 0.480. The van der Waals surface area contributed by atoms with Crippen molar-refractivity contribution in [2.75, 3.05) is 0 Å². The molecule has 0 radical (unpaired) electrons. The van der Waals surface area contributed by atoms with Gasteiger partial charge in [0.25, 0.3) is 5.91 Å². The van der Waals surface area contributed by atoms with Crippen molar-refractivity contribution >= 4 is 21.8 Å². The Balaban J connectivity index is 2.31. The first kappa shape index (κ1) is 10.8. The maximum atomic E-state index is 11.2. The minimum atomic E-state index is -0.469. The summed E-state index contributed by atoms with van der Waals surface area (Å²) >= 11 is 3.33. The monoisotopic (exact) mass is 281 g/mol. The van der Waals surface area contributed by atoms with Gasteiger partial charge < -0.3 is 0 Å². The van der Waals surface area contributed by atoms with Gasteiger partial charge in [0.1, 0.15) is 0 Å². The Labute approximate surface area is 99.5 Å². The predicted molar refractivity (Wildman–Crippen MR) is 60.7 cm³/mol. The zero-order valence-electron chi connectivity index (χ0n) is 8.09. The van der Waals surface area contributed by atoms with Crippen LogP contribution in [0.25, 0.3) is 5.69 Å². The van der Waals surface area contributed by atoms with Gasteiger partial charge in [0, 0.05) is 4.47 Å². The van der Waals surface area contributed by atoms with E-state index in [1.54, 1.807) is 0 Å². The highest BCUT2D eigenvalue weighted by Gasteiger charge is 2.09. The molecule has 1 amide bonds. The number of halogens is 1. The van der Waals surface area contributed by atoms with Crippen molar-refractivity contribution in [1.29, 1.82) is 0 Å². The number of hydrazine groups is 1. The molecule has 7 heteroatoms. The van der Waals surface area contributed by atoms with Crippen LogP contribution >= 0.6 is 15.9 Å². The third-order valence-electron chi connectivity index (χ3n) is 1.95. The van der Waals surface area contributed by atoms with Crippen LogP contribution in [-0.2, 0) is 0 Å². The van der Waals surface area contributed by atoms with E-state index in [2.05, 4.69) is 26.2 Å². The van der Waals surface area contributed by atoms with Crippen molar-refractivity contribution in [2.24, 2.45) is 5.84 Å². The van der Waals surface area contributed by atoms with Crippen LogP contribution in [0.5, 0.6) is 0 Å². The van der Waals surface area contributed by atoms with E-state index in [0.717, 1.165) is 10.2 Å².